The number of piperidine rings is 2. The van der Waals surface area contributed by atoms with Gasteiger partial charge in [-0.3, -0.25) is 14.4 Å². The second kappa shape index (κ2) is 13.0. The molecule has 5 rings (SSSR count). The molecule has 3 amide bonds. The first-order chi connectivity index (χ1) is 20.7. The van der Waals surface area contributed by atoms with E-state index in [0.717, 1.165) is 16.8 Å². The van der Waals surface area contributed by atoms with Crippen LogP contribution in [0.1, 0.15) is 42.9 Å². The minimum atomic E-state index is -0.555. The van der Waals surface area contributed by atoms with E-state index in [2.05, 4.69) is 5.32 Å². The number of amides is 3. The van der Waals surface area contributed by atoms with Crippen molar-refractivity contribution in [2.75, 3.05) is 37.5 Å². The second-order valence-electron chi connectivity index (χ2n) is 11.0. The van der Waals surface area contributed by atoms with Crippen LogP contribution in [-0.2, 0) is 14.4 Å². The van der Waals surface area contributed by atoms with Crippen LogP contribution in [-0.4, -0.2) is 49.9 Å². The van der Waals surface area contributed by atoms with Crippen molar-refractivity contribution >= 4 is 40.7 Å². The fraction of sp³-hybridized carbons (Fsp3) is 0.364. The number of nitrogens with zero attached hydrogens (tertiary/aromatic N) is 2. The van der Waals surface area contributed by atoms with Gasteiger partial charge in [-0.1, -0.05) is 35.4 Å². The van der Waals surface area contributed by atoms with Crippen molar-refractivity contribution in [1.82, 2.24) is 4.90 Å². The molecular formula is C33H35ClFN3O5. The summed E-state index contributed by atoms with van der Waals surface area (Å²) in [5.41, 5.74) is 3.00. The highest BCUT2D eigenvalue weighted by molar-refractivity contribution is 6.31. The first-order valence-corrected chi connectivity index (χ1v) is 14.7. The molecule has 0 aliphatic carbocycles. The molecule has 226 valence electrons. The minimum Gasteiger partial charge on any atom is -0.493 e. The molecule has 3 aromatic carbocycles. The van der Waals surface area contributed by atoms with Crippen LogP contribution in [0.5, 0.6) is 11.5 Å². The standard InChI is InChI=1S/C33H35ClFN3O5/c1-20-4-8-24(9-5-20)38-30(39)13-10-25(31(38)22-6-12-28(42-2)29(18-22)43-3)33(41)37-16-14-21(15-17-37)32(40)36-23-7-11-27(35)26(34)19-23/h4-9,11-12,18-19,21,25,31H,10,13-17H2,1-3H3,(H,36,40). The maximum atomic E-state index is 14.2. The monoisotopic (exact) mass is 607 g/mol. The quantitative estimate of drug-likeness (QED) is 0.347. The molecule has 2 saturated heterocycles. The van der Waals surface area contributed by atoms with Gasteiger partial charge in [-0.2, -0.15) is 0 Å². The topological polar surface area (TPSA) is 88.2 Å². The first-order valence-electron chi connectivity index (χ1n) is 14.4. The summed E-state index contributed by atoms with van der Waals surface area (Å²) in [6.07, 6.45) is 1.62. The third-order valence-corrected chi connectivity index (χ3v) is 8.63. The number of halogens is 2. The molecule has 10 heteroatoms. The Labute approximate surface area is 255 Å². The summed E-state index contributed by atoms with van der Waals surface area (Å²) in [6.45, 7) is 2.81. The Kier molecular flexibility index (Phi) is 9.20. The summed E-state index contributed by atoms with van der Waals surface area (Å²) < 4.78 is 24.5. The Morgan fingerprint density at radius 1 is 0.930 bits per heavy atom. The highest BCUT2D eigenvalue weighted by atomic mass is 35.5. The van der Waals surface area contributed by atoms with Crippen molar-refractivity contribution in [3.8, 4) is 11.5 Å². The number of rotatable bonds is 7. The van der Waals surface area contributed by atoms with E-state index in [1.807, 2.05) is 43.3 Å². The van der Waals surface area contributed by atoms with E-state index in [4.69, 9.17) is 21.1 Å². The van der Waals surface area contributed by atoms with E-state index in [9.17, 15) is 18.8 Å². The van der Waals surface area contributed by atoms with Crippen LogP contribution >= 0.6 is 11.6 Å². The lowest BCUT2D eigenvalue weighted by molar-refractivity contribution is -0.141. The lowest BCUT2D eigenvalue weighted by Gasteiger charge is -2.43. The molecule has 2 fully saturated rings. The molecule has 0 bridgehead atoms. The molecule has 0 saturated carbocycles. The molecule has 2 aliphatic heterocycles. The van der Waals surface area contributed by atoms with Gasteiger partial charge in [-0.15, -0.1) is 0 Å². The molecule has 0 radical (unpaired) electrons. The van der Waals surface area contributed by atoms with E-state index in [-0.39, 0.29) is 35.1 Å². The van der Waals surface area contributed by atoms with E-state index < -0.39 is 17.8 Å². The molecule has 2 atom stereocenters. The van der Waals surface area contributed by atoms with Crippen molar-refractivity contribution < 1.29 is 28.2 Å². The molecule has 3 aromatic rings. The van der Waals surface area contributed by atoms with Gasteiger partial charge in [0.25, 0.3) is 0 Å². The molecule has 8 nitrogen and oxygen atoms in total. The maximum Gasteiger partial charge on any atom is 0.228 e. The average Bonchev–Trinajstić information content (AvgIpc) is 3.02. The summed E-state index contributed by atoms with van der Waals surface area (Å²) in [5.74, 6) is -0.563. The van der Waals surface area contributed by atoms with Crippen LogP contribution in [0, 0.1) is 24.6 Å². The molecule has 2 unspecified atom stereocenters. The zero-order valence-electron chi connectivity index (χ0n) is 24.4. The Hall–Kier alpha value is -4.11. The van der Waals surface area contributed by atoms with Crippen molar-refractivity contribution in [2.45, 2.75) is 38.6 Å². The number of methoxy groups -OCH3 is 2. The van der Waals surface area contributed by atoms with Gasteiger partial charge in [0, 0.05) is 36.8 Å². The van der Waals surface area contributed by atoms with Crippen LogP contribution < -0.4 is 19.7 Å². The number of likely N-dealkylation sites (tertiary alicyclic amines) is 1. The van der Waals surface area contributed by atoms with Crippen LogP contribution in [0.15, 0.2) is 60.7 Å². The van der Waals surface area contributed by atoms with Gasteiger partial charge in [-0.05, 0) is 74.2 Å². The van der Waals surface area contributed by atoms with Gasteiger partial charge in [0.2, 0.25) is 17.7 Å². The molecule has 2 aliphatic rings. The molecular weight excluding hydrogens is 573 g/mol. The molecule has 1 N–H and O–H groups in total. The average molecular weight is 608 g/mol. The third-order valence-electron chi connectivity index (χ3n) is 8.34. The Morgan fingerprint density at radius 2 is 1.63 bits per heavy atom. The van der Waals surface area contributed by atoms with Crippen LogP contribution in [0.2, 0.25) is 5.02 Å². The molecule has 2 heterocycles. The number of ether oxygens (including phenoxy) is 2. The van der Waals surface area contributed by atoms with E-state index in [1.54, 1.807) is 30.1 Å². The maximum absolute atomic E-state index is 14.2. The van der Waals surface area contributed by atoms with E-state index >= 15 is 0 Å². The number of anilines is 2. The molecule has 0 spiro atoms. The predicted molar refractivity (Wildman–Crippen MR) is 163 cm³/mol. The number of carbonyl (C=O) groups is 3. The summed E-state index contributed by atoms with van der Waals surface area (Å²) in [7, 11) is 3.12. The molecule has 0 aromatic heterocycles. The minimum absolute atomic E-state index is 0.0476. The Morgan fingerprint density at radius 3 is 2.28 bits per heavy atom. The smallest absolute Gasteiger partial charge is 0.228 e. The normalized spacial score (nSPS) is 19.2. The van der Waals surface area contributed by atoms with Gasteiger partial charge in [0.05, 0.1) is 31.2 Å². The first kappa shape index (κ1) is 30.4. The number of nitrogens with one attached hydrogen (secondary N) is 1. The van der Waals surface area contributed by atoms with Gasteiger partial charge in [0.15, 0.2) is 11.5 Å². The lowest BCUT2D eigenvalue weighted by atomic mass is 9.82. The van der Waals surface area contributed by atoms with Crippen molar-refractivity contribution in [1.29, 1.82) is 0 Å². The van der Waals surface area contributed by atoms with Crippen molar-refractivity contribution in [3.63, 3.8) is 0 Å². The van der Waals surface area contributed by atoms with Crippen LogP contribution in [0.25, 0.3) is 0 Å². The lowest BCUT2D eigenvalue weighted by Crippen LogP contribution is -2.51. The van der Waals surface area contributed by atoms with Gasteiger partial charge in [-0.25, -0.2) is 4.39 Å². The van der Waals surface area contributed by atoms with Gasteiger partial charge >= 0.3 is 0 Å². The van der Waals surface area contributed by atoms with E-state index in [0.29, 0.717) is 49.5 Å². The fourth-order valence-electron chi connectivity index (χ4n) is 5.99. The van der Waals surface area contributed by atoms with E-state index in [1.165, 1.54) is 18.2 Å². The highest BCUT2D eigenvalue weighted by Crippen LogP contribution is 2.43. The SMILES string of the molecule is COc1ccc(C2C(C(=O)N3CCC(C(=O)Nc4ccc(F)c(Cl)c4)CC3)CCC(=O)N2c2ccc(C)cc2)cc1OC. The summed E-state index contributed by atoms with van der Waals surface area (Å²) >= 11 is 5.86. The number of hydrogen-bond acceptors (Lipinski definition) is 5. The highest BCUT2D eigenvalue weighted by Gasteiger charge is 2.44. The van der Waals surface area contributed by atoms with Crippen molar-refractivity contribution in [2.24, 2.45) is 11.8 Å². The fourth-order valence-corrected chi connectivity index (χ4v) is 6.17. The van der Waals surface area contributed by atoms with Gasteiger partial charge < -0.3 is 24.6 Å². The zero-order chi connectivity index (χ0) is 30.7. The van der Waals surface area contributed by atoms with Crippen LogP contribution in [0.3, 0.4) is 0 Å². The largest absolute Gasteiger partial charge is 0.493 e. The third kappa shape index (κ3) is 6.46. The van der Waals surface area contributed by atoms with Crippen molar-refractivity contribution in [3.05, 3.63) is 82.6 Å². The van der Waals surface area contributed by atoms with Gasteiger partial charge in [0.1, 0.15) is 5.82 Å². The summed E-state index contributed by atoms with van der Waals surface area (Å²) in [4.78, 5) is 44.1. The summed E-state index contributed by atoms with van der Waals surface area (Å²) in [6, 6.07) is 16.7. The number of carbonyl (C=O) groups excluding carboxylic acids is 3. The number of aryl methyl sites for hydroxylation is 1. The number of hydrogen-bond donors (Lipinski definition) is 1. The summed E-state index contributed by atoms with van der Waals surface area (Å²) in [5, 5.41) is 2.75. The zero-order valence-corrected chi connectivity index (χ0v) is 25.2. The predicted octanol–water partition coefficient (Wildman–Crippen LogP) is 6.17. The van der Waals surface area contributed by atoms with Crippen LogP contribution in [0.4, 0.5) is 15.8 Å². The number of benzene rings is 3. The molecule has 43 heavy (non-hydrogen) atoms. The Bertz CT molecular complexity index is 1510. The Balaban J connectivity index is 1.37. The second-order valence-corrected chi connectivity index (χ2v) is 11.4.